The molecule has 1 rings (SSSR count). The van der Waals surface area contributed by atoms with Crippen LogP contribution in [-0.4, -0.2) is 12.1 Å². The van der Waals surface area contributed by atoms with Gasteiger partial charge in [-0.25, -0.2) is 8.78 Å². The van der Waals surface area contributed by atoms with Crippen molar-refractivity contribution in [2.75, 3.05) is 0 Å². The van der Waals surface area contributed by atoms with Crippen LogP contribution in [0.3, 0.4) is 0 Å². The Balaban J connectivity index is 3.18. The number of rotatable bonds is 3. The molecule has 0 radical (unpaired) electrons. The third-order valence-corrected chi connectivity index (χ3v) is 2.25. The maximum Gasteiger partial charge on any atom is 0.412 e. The minimum atomic E-state index is -4.90. The molecular formula is C11H10F5NO. The molecule has 2 nitrogen and oxygen atoms in total. The summed E-state index contributed by atoms with van der Waals surface area (Å²) in [7, 11) is 0. The number of halogens is 5. The first-order valence-electron chi connectivity index (χ1n) is 5.07. The Hall–Kier alpha value is -1.66. The van der Waals surface area contributed by atoms with Crippen LogP contribution in [0, 0.1) is 11.6 Å². The van der Waals surface area contributed by atoms with Crippen molar-refractivity contribution in [1.29, 1.82) is 0 Å². The second-order valence-corrected chi connectivity index (χ2v) is 3.54. The van der Waals surface area contributed by atoms with E-state index in [1.165, 1.54) is 6.92 Å². The second-order valence-electron chi connectivity index (χ2n) is 3.54. The molecule has 100 valence electrons. The maximum absolute atomic E-state index is 13.3. The van der Waals surface area contributed by atoms with E-state index in [0.717, 1.165) is 12.1 Å². The van der Waals surface area contributed by atoms with Gasteiger partial charge in [0, 0.05) is 12.0 Å². The molecule has 0 heterocycles. The normalized spacial score (nSPS) is 13.2. The Morgan fingerprint density at radius 2 is 1.94 bits per heavy atom. The number of carbonyl (C=O) groups excluding carboxylic acids is 1. The van der Waals surface area contributed by atoms with Gasteiger partial charge in [0.1, 0.15) is 0 Å². The smallest absolute Gasteiger partial charge is 0.341 e. The van der Waals surface area contributed by atoms with Gasteiger partial charge in [0.25, 0.3) is 0 Å². The van der Waals surface area contributed by atoms with Crippen LogP contribution in [-0.2, 0) is 4.79 Å². The Labute approximate surface area is 99.8 Å². The molecule has 0 aliphatic carbocycles. The summed E-state index contributed by atoms with van der Waals surface area (Å²) in [5, 5.41) is 1.62. The van der Waals surface area contributed by atoms with E-state index in [1.807, 2.05) is 0 Å². The molecule has 1 amide bonds. The highest BCUT2D eigenvalue weighted by atomic mass is 19.4. The second kappa shape index (κ2) is 5.32. The first-order chi connectivity index (χ1) is 8.27. The Morgan fingerprint density at radius 1 is 1.33 bits per heavy atom. The number of carbonyl (C=O) groups is 1. The highest BCUT2D eigenvalue weighted by Gasteiger charge is 2.43. The lowest BCUT2D eigenvalue weighted by Gasteiger charge is -2.22. The first-order valence-corrected chi connectivity index (χ1v) is 5.07. The number of hydrogen-bond donors (Lipinski definition) is 1. The number of nitrogens with one attached hydrogen (secondary N) is 1. The molecule has 0 unspecified atom stereocenters. The summed E-state index contributed by atoms with van der Waals surface area (Å²) in [5.41, 5.74) is -0.940. The average Bonchev–Trinajstić information content (AvgIpc) is 2.28. The highest BCUT2D eigenvalue weighted by molar-refractivity contribution is 5.76. The van der Waals surface area contributed by atoms with Gasteiger partial charge in [-0.3, -0.25) is 4.79 Å². The van der Waals surface area contributed by atoms with Crippen molar-refractivity contribution in [2.24, 2.45) is 0 Å². The fourth-order valence-electron chi connectivity index (χ4n) is 1.34. The van der Waals surface area contributed by atoms with E-state index in [-0.39, 0.29) is 6.42 Å². The third kappa shape index (κ3) is 3.18. The van der Waals surface area contributed by atoms with E-state index in [1.54, 1.807) is 5.32 Å². The van der Waals surface area contributed by atoms with E-state index in [2.05, 4.69) is 0 Å². The average molecular weight is 267 g/mol. The maximum atomic E-state index is 13.3. The molecule has 0 aliphatic heterocycles. The van der Waals surface area contributed by atoms with Gasteiger partial charge in [-0.2, -0.15) is 13.2 Å². The fourth-order valence-corrected chi connectivity index (χ4v) is 1.34. The lowest BCUT2D eigenvalue weighted by Crippen LogP contribution is -2.38. The van der Waals surface area contributed by atoms with Crippen molar-refractivity contribution in [2.45, 2.75) is 25.6 Å². The molecule has 0 fully saturated rings. The summed E-state index contributed by atoms with van der Waals surface area (Å²) in [6.07, 6.45) is -5.09. The minimum absolute atomic E-state index is 0.191. The van der Waals surface area contributed by atoms with Crippen LogP contribution < -0.4 is 5.32 Å². The molecule has 0 saturated heterocycles. The monoisotopic (exact) mass is 267 g/mol. The number of alkyl halides is 3. The molecule has 1 aromatic rings. The van der Waals surface area contributed by atoms with Crippen molar-refractivity contribution in [1.82, 2.24) is 5.32 Å². The molecule has 1 atom stereocenters. The predicted molar refractivity (Wildman–Crippen MR) is 53.6 cm³/mol. The Kier molecular flexibility index (Phi) is 4.26. The van der Waals surface area contributed by atoms with Crippen LogP contribution in [0.5, 0.6) is 0 Å². The molecule has 18 heavy (non-hydrogen) atoms. The van der Waals surface area contributed by atoms with Gasteiger partial charge in [0.15, 0.2) is 17.7 Å². The molecular weight excluding hydrogens is 257 g/mol. The molecule has 1 N–H and O–H groups in total. The van der Waals surface area contributed by atoms with Gasteiger partial charge in [-0.1, -0.05) is 19.1 Å². The van der Waals surface area contributed by atoms with E-state index in [4.69, 9.17) is 0 Å². The quantitative estimate of drug-likeness (QED) is 0.838. The van der Waals surface area contributed by atoms with Gasteiger partial charge >= 0.3 is 6.18 Å². The fraction of sp³-hybridized carbons (Fsp3) is 0.364. The SMILES string of the molecule is CCC(=O)N[C@@H](c1cccc(F)c1F)C(F)(F)F. The van der Waals surface area contributed by atoms with Crippen molar-refractivity contribution in [3.05, 3.63) is 35.4 Å². The van der Waals surface area contributed by atoms with Crippen LogP contribution in [0.4, 0.5) is 22.0 Å². The van der Waals surface area contributed by atoms with Crippen LogP contribution in [0.15, 0.2) is 18.2 Å². The van der Waals surface area contributed by atoms with Crippen molar-refractivity contribution >= 4 is 5.91 Å². The molecule has 0 aromatic heterocycles. The zero-order valence-electron chi connectivity index (χ0n) is 9.31. The van der Waals surface area contributed by atoms with Crippen molar-refractivity contribution in [3.63, 3.8) is 0 Å². The van der Waals surface area contributed by atoms with Crippen LogP contribution in [0.1, 0.15) is 24.9 Å². The molecule has 0 bridgehead atoms. The van der Waals surface area contributed by atoms with Crippen LogP contribution in [0.25, 0.3) is 0 Å². The van der Waals surface area contributed by atoms with Crippen LogP contribution in [0.2, 0.25) is 0 Å². The first kappa shape index (κ1) is 14.4. The molecule has 7 heteroatoms. The Morgan fingerprint density at radius 3 is 2.44 bits per heavy atom. The van der Waals surface area contributed by atoms with Crippen molar-refractivity contribution in [3.8, 4) is 0 Å². The molecule has 1 aromatic carbocycles. The predicted octanol–water partition coefficient (Wildman–Crippen LogP) is 3.09. The van der Waals surface area contributed by atoms with Gasteiger partial charge in [0.2, 0.25) is 5.91 Å². The Bertz CT molecular complexity index is 444. The van der Waals surface area contributed by atoms with Gasteiger partial charge in [-0.05, 0) is 6.07 Å². The van der Waals surface area contributed by atoms with Gasteiger partial charge in [0.05, 0.1) is 0 Å². The highest BCUT2D eigenvalue weighted by Crippen LogP contribution is 2.34. The van der Waals surface area contributed by atoms with E-state index >= 15 is 0 Å². The summed E-state index contributed by atoms with van der Waals surface area (Å²) < 4.78 is 64.3. The topological polar surface area (TPSA) is 29.1 Å². The summed E-state index contributed by atoms with van der Waals surface area (Å²) in [6, 6.07) is -0.119. The zero-order valence-corrected chi connectivity index (χ0v) is 9.31. The lowest BCUT2D eigenvalue weighted by molar-refractivity contribution is -0.164. The summed E-state index contributed by atoms with van der Waals surface area (Å²) in [4.78, 5) is 11.0. The molecule has 0 spiro atoms. The summed E-state index contributed by atoms with van der Waals surface area (Å²) in [6.45, 7) is 1.35. The zero-order chi connectivity index (χ0) is 13.9. The van der Waals surface area contributed by atoms with Crippen molar-refractivity contribution < 1.29 is 26.7 Å². The van der Waals surface area contributed by atoms with Gasteiger partial charge < -0.3 is 5.32 Å². The molecule has 0 saturated carbocycles. The van der Waals surface area contributed by atoms with Crippen LogP contribution >= 0.6 is 0 Å². The third-order valence-electron chi connectivity index (χ3n) is 2.25. The lowest BCUT2D eigenvalue weighted by atomic mass is 10.1. The molecule has 0 aliphatic rings. The number of hydrogen-bond acceptors (Lipinski definition) is 1. The van der Waals surface area contributed by atoms with Gasteiger partial charge in [-0.15, -0.1) is 0 Å². The standard InChI is InChI=1S/C11H10F5NO/c1-2-8(18)17-10(11(14,15)16)6-4-3-5-7(12)9(6)13/h3-5,10H,2H2,1H3,(H,17,18)/t10-/m0/s1. The number of amides is 1. The number of benzene rings is 1. The van der Waals surface area contributed by atoms with E-state index in [9.17, 15) is 26.7 Å². The summed E-state index contributed by atoms with van der Waals surface area (Å²) >= 11 is 0. The van der Waals surface area contributed by atoms with E-state index < -0.39 is 35.3 Å². The van der Waals surface area contributed by atoms with E-state index in [0.29, 0.717) is 6.07 Å². The largest absolute Gasteiger partial charge is 0.412 e. The minimum Gasteiger partial charge on any atom is -0.341 e. The summed E-state index contributed by atoms with van der Waals surface area (Å²) in [5.74, 6) is -3.91.